The van der Waals surface area contributed by atoms with Crippen molar-refractivity contribution in [3.05, 3.63) is 0 Å². The smallest absolute Gasteiger partial charge is 0.00961 e. The lowest BCUT2D eigenvalue weighted by Crippen LogP contribution is -2.43. The van der Waals surface area contributed by atoms with Crippen LogP contribution in [0.15, 0.2) is 0 Å². The molecule has 11 heavy (non-hydrogen) atoms. The molecule has 0 radical (unpaired) electrons. The van der Waals surface area contributed by atoms with Crippen LogP contribution in [0.3, 0.4) is 0 Å². The Morgan fingerprint density at radius 2 is 2.00 bits per heavy atom. The molecule has 1 nitrogen and oxygen atoms in total. The molecule has 1 heteroatoms. The fourth-order valence-electron chi connectivity index (χ4n) is 2.76. The molecule has 0 aromatic rings. The van der Waals surface area contributed by atoms with Crippen LogP contribution < -0.4 is 5.32 Å². The van der Waals surface area contributed by atoms with Gasteiger partial charge in [0.1, 0.15) is 0 Å². The predicted octanol–water partition coefficient (Wildman–Crippen LogP) is 2.17. The third-order valence-electron chi connectivity index (χ3n) is 3.30. The fourth-order valence-corrected chi connectivity index (χ4v) is 2.76. The molecule has 1 aliphatic heterocycles. The van der Waals surface area contributed by atoms with Gasteiger partial charge in [-0.2, -0.15) is 0 Å². The zero-order valence-electron chi connectivity index (χ0n) is 7.69. The van der Waals surface area contributed by atoms with Crippen molar-refractivity contribution in [3.63, 3.8) is 0 Å². The molecule has 2 rings (SSSR count). The summed E-state index contributed by atoms with van der Waals surface area (Å²) in [7, 11) is 0. The highest BCUT2D eigenvalue weighted by molar-refractivity contribution is 4.94. The van der Waals surface area contributed by atoms with Crippen LogP contribution >= 0.6 is 0 Å². The Morgan fingerprint density at radius 1 is 1.27 bits per heavy atom. The number of rotatable bonds is 1. The third kappa shape index (κ3) is 1.44. The average Bonchev–Trinajstić information content (AvgIpc) is 2.32. The van der Waals surface area contributed by atoms with E-state index >= 15 is 0 Å². The van der Waals surface area contributed by atoms with Crippen LogP contribution in [0.5, 0.6) is 0 Å². The average molecular weight is 153 g/mol. The van der Waals surface area contributed by atoms with E-state index < -0.39 is 0 Å². The van der Waals surface area contributed by atoms with E-state index in [9.17, 15) is 0 Å². The van der Waals surface area contributed by atoms with Crippen molar-refractivity contribution in [2.45, 2.75) is 45.6 Å². The van der Waals surface area contributed by atoms with E-state index in [1.807, 2.05) is 0 Å². The minimum Gasteiger partial charge on any atom is -0.314 e. The van der Waals surface area contributed by atoms with Crippen LogP contribution in [0.2, 0.25) is 0 Å². The topological polar surface area (TPSA) is 12.0 Å². The normalized spacial score (nSPS) is 37.1. The van der Waals surface area contributed by atoms with Crippen LogP contribution in [-0.4, -0.2) is 12.6 Å². The summed E-state index contributed by atoms with van der Waals surface area (Å²) in [6, 6.07) is 0.878. The van der Waals surface area contributed by atoms with Crippen molar-refractivity contribution >= 4 is 0 Å². The van der Waals surface area contributed by atoms with Crippen molar-refractivity contribution in [2.24, 2.45) is 11.3 Å². The monoisotopic (exact) mass is 153 g/mol. The van der Waals surface area contributed by atoms with Crippen LogP contribution in [-0.2, 0) is 0 Å². The van der Waals surface area contributed by atoms with Gasteiger partial charge in [0.2, 0.25) is 0 Å². The van der Waals surface area contributed by atoms with Gasteiger partial charge in [-0.1, -0.05) is 13.8 Å². The van der Waals surface area contributed by atoms with Crippen molar-refractivity contribution in [1.29, 1.82) is 0 Å². The van der Waals surface area contributed by atoms with Crippen molar-refractivity contribution in [3.8, 4) is 0 Å². The van der Waals surface area contributed by atoms with E-state index in [0.717, 1.165) is 12.0 Å². The molecule has 0 bridgehead atoms. The lowest BCUT2D eigenvalue weighted by atomic mass is 9.62. The van der Waals surface area contributed by atoms with Gasteiger partial charge in [0.15, 0.2) is 0 Å². The van der Waals surface area contributed by atoms with Gasteiger partial charge in [0.25, 0.3) is 0 Å². The maximum atomic E-state index is 3.60. The number of hydrogen-bond donors (Lipinski definition) is 1. The Bertz CT molecular complexity index is 137. The standard InChI is InChI=1S/C10H19N/c1-10(2)6-8(7-10)9-4-3-5-11-9/h8-9,11H,3-7H2,1-2H3/t9-/m0/s1. The highest BCUT2D eigenvalue weighted by Gasteiger charge is 2.40. The summed E-state index contributed by atoms with van der Waals surface area (Å²) in [4.78, 5) is 0. The SMILES string of the molecule is CC1(C)CC([C@@H]2CCCN2)C1. The largest absolute Gasteiger partial charge is 0.314 e. The van der Waals surface area contributed by atoms with Gasteiger partial charge in [0, 0.05) is 6.04 Å². The van der Waals surface area contributed by atoms with Gasteiger partial charge in [-0.15, -0.1) is 0 Å². The maximum Gasteiger partial charge on any atom is 0.00961 e. The van der Waals surface area contributed by atoms with E-state index in [4.69, 9.17) is 0 Å². The minimum absolute atomic E-state index is 0.662. The molecule has 0 aromatic heterocycles. The Kier molecular flexibility index (Phi) is 1.71. The first-order valence-corrected chi connectivity index (χ1v) is 4.91. The van der Waals surface area contributed by atoms with E-state index in [0.29, 0.717) is 5.41 Å². The zero-order valence-corrected chi connectivity index (χ0v) is 7.69. The van der Waals surface area contributed by atoms with Gasteiger partial charge in [-0.25, -0.2) is 0 Å². The van der Waals surface area contributed by atoms with Gasteiger partial charge in [-0.05, 0) is 43.6 Å². The van der Waals surface area contributed by atoms with Crippen LogP contribution in [0, 0.1) is 11.3 Å². The second-order valence-corrected chi connectivity index (χ2v) is 5.04. The highest BCUT2D eigenvalue weighted by atomic mass is 14.9. The number of nitrogens with one attached hydrogen (secondary N) is 1. The summed E-state index contributed by atoms with van der Waals surface area (Å²) < 4.78 is 0. The van der Waals surface area contributed by atoms with Crippen LogP contribution in [0.25, 0.3) is 0 Å². The van der Waals surface area contributed by atoms with Crippen LogP contribution in [0.4, 0.5) is 0 Å². The van der Waals surface area contributed by atoms with Gasteiger partial charge in [-0.3, -0.25) is 0 Å². The molecule has 1 atom stereocenters. The minimum atomic E-state index is 0.662. The number of hydrogen-bond acceptors (Lipinski definition) is 1. The molecule has 0 aromatic carbocycles. The fraction of sp³-hybridized carbons (Fsp3) is 1.00. The highest BCUT2D eigenvalue weighted by Crippen LogP contribution is 2.47. The summed E-state index contributed by atoms with van der Waals surface area (Å²) in [5.74, 6) is 1.01. The summed E-state index contributed by atoms with van der Waals surface area (Å²) in [6.07, 6.45) is 5.73. The molecule has 64 valence electrons. The van der Waals surface area contributed by atoms with Gasteiger partial charge >= 0.3 is 0 Å². The molecule has 1 N–H and O–H groups in total. The molecule has 2 aliphatic rings. The van der Waals surface area contributed by atoms with E-state index in [2.05, 4.69) is 19.2 Å². The van der Waals surface area contributed by atoms with E-state index in [1.54, 1.807) is 0 Å². The van der Waals surface area contributed by atoms with Crippen molar-refractivity contribution in [2.75, 3.05) is 6.54 Å². The van der Waals surface area contributed by atoms with Gasteiger partial charge < -0.3 is 5.32 Å². The van der Waals surface area contributed by atoms with Crippen LogP contribution in [0.1, 0.15) is 39.5 Å². The first-order valence-electron chi connectivity index (χ1n) is 4.91. The lowest BCUT2D eigenvalue weighted by Gasteiger charge is -2.45. The Morgan fingerprint density at radius 3 is 2.45 bits per heavy atom. The Labute approximate surface area is 69.6 Å². The second kappa shape index (κ2) is 2.48. The predicted molar refractivity (Wildman–Crippen MR) is 47.5 cm³/mol. The molecule has 0 unspecified atom stereocenters. The molecule has 1 saturated carbocycles. The molecule has 2 fully saturated rings. The summed E-state index contributed by atoms with van der Waals surface area (Å²) in [5.41, 5.74) is 0.662. The quantitative estimate of drug-likeness (QED) is 0.609. The molecule has 0 amide bonds. The molecule has 1 heterocycles. The Balaban J connectivity index is 1.81. The summed E-state index contributed by atoms with van der Waals surface area (Å²) in [5, 5.41) is 3.60. The maximum absolute atomic E-state index is 3.60. The third-order valence-corrected chi connectivity index (χ3v) is 3.30. The van der Waals surface area contributed by atoms with E-state index in [-0.39, 0.29) is 0 Å². The van der Waals surface area contributed by atoms with Crippen molar-refractivity contribution in [1.82, 2.24) is 5.32 Å². The molecule has 0 spiro atoms. The van der Waals surface area contributed by atoms with Gasteiger partial charge in [0.05, 0.1) is 0 Å². The van der Waals surface area contributed by atoms with E-state index in [1.165, 1.54) is 32.2 Å². The molecular formula is C10H19N. The molecule has 1 saturated heterocycles. The Hall–Kier alpha value is -0.0400. The summed E-state index contributed by atoms with van der Waals surface area (Å²) in [6.45, 7) is 6.04. The molecular weight excluding hydrogens is 134 g/mol. The summed E-state index contributed by atoms with van der Waals surface area (Å²) >= 11 is 0. The lowest BCUT2D eigenvalue weighted by molar-refractivity contribution is 0.0703. The molecule has 1 aliphatic carbocycles. The first-order chi connectivity index (χ1) is 5.17. The first kappa shape index (κ1) is 7.60. The van der Waals surface area contributed by atoms with Crippen molar-refractivity contribution < 1.29 is 0 Å². The second-order valence-electron chi connectivity index (χ2n) is 5.04. The zero-order chi connectivity index (χ0) is 7.90.